The molecule has 0 bridgehead atoms. The van der Waals surface area contributed by atoms with Crippen molar-refractivity contribution in [2.75, 3.05) is 5.32 Å². The number of amides is 1. The van der Waals surface area contributed by atoms with Gasteiger partial charge in [0.1, 0.15) is 5.75 Å². The largest absolute Gasteiger partial charge is 0.506 e. The van der Waals surface area contributed by atoms with Gasteiger partial charge in [-0.15, -0.1) is 0 Å². The Morgan fingerprint density at radius 3 is 2.24 bits per heavy atom. The average molecular weight is 316 g/mol. The first kappa shape index (κ1) is 15.2. The monoisotopic (exact) mass is 315 g/mol. The van der Waals surface area contributed by atoms with Crippen molar-refractivity contribution in [1.29, 1.82) is 0 Å². The molecule has 110 valence electrons. The Labute approximate surface area is 123 Å². The second-order valence-electron chi connectivity index (χ2n) is 4.20. The Morgan fingerprint density at radius 2 is 1.71 bits per heavy atom. The van der Waals surface area contributed by atoms with Gasteiger partial charge in [-0.25, -0.2) is 0 Å². The van der Waals surface area contributed by atoms with Crippen LogP contribution in [0.5, 0.6) is 5.75 Å². The van der Waals surface area contributed by atoms with E-state index in [4.69, 9.17) is 11.6 Å². The van der Waals surface area contributed by atoms with Crippen LogP contribution in [0, 0.1) is 0 Å². The van der Waals surface area contributed by atoms with Crippen molar-refractivity contribution in [3.8, 4) is 5.75 Å². The van der Waals surface area contributed by atoms with Crippen LogP contribution in [-0.4, -0.2) is 11.0 Å². The zero-order chi connectivity index (χ0) is 15.6. The molecular formula is C14H9ClF3NO2. The van der Waals surface area contributed by atoms with Crippen molar-refractivity contribution >= 4 is 23.2 Å². The standard InChI is InChI=1S/C14H9ClF3NO2/c15-11-7-10(5-6-12(11)20)19-13(21)8-1-3-9(4-2-8)14(16,17)18/h1-7,20H,(H,19,21). The van der Waals surface area contributed by atoms with Gasteiger partial charge in [-0.1, -0.05) is 11.6 Å². The van der Waals surface area contributed by atoms with Gasteiger partial charge in [0.15, 0.2) is 0 Å². The molecule has 21 heavy (non-hydrogen) atoms. The molecule has 0 saturated carbocycles. The van der Waals surface area contributed by atoms with Crippen LogP contribution >= 0.6 is 11.6 Å². The molecule has 2 aromatic carbocycles. The van der Waals surface area contributed by atoms with Gasteiger partial charge in [-0.2, -0.15) is 13.2 Å². The second kappa shape index (κ2) is 5.65. The van der Waals surface area contributed by atoms with Crippen molar-refractivity contribution < 1.29 is 23.1 Å². The number of benzene rings is 2. The maximum Gasteiger partial charge on any atom is 0.416 e. The summed E-state index contributed by atoms with van der Waals surface area (Å²) in [5.41, 5.74) is -0.429. The fourth-order valence-electron chi connectivity index (χ4n) is 1.60. The maximum atomic E-state index is 12.4. The lowest BCUT2D eigenvalue weighted by Gasteiger charge is -2.09. The predicted molar refractivity (Wildman–Crippen MR) is 72.5 cm³/mol. The summed E-state index contributed by atoms with van der Waals surface area (Å²) in [5.74, 6) is -0.713. The number of halogens is 4. The third kappa shape index (κ3) is 3.66. The highest BCUT2D eigenvalue weighted by atomic mass is 35.5. The Morgan fingerprint density at radius 1 is 1.10 bits per heavy atom. The van der Waals surface area contributed by atoms with Crippen LogP contribution < -0.4 is 5.32 Å². The lowest BCUT2D eigenvalue weighted by Crippen LogP contribution is -2.12. The van der Waals surface area contributed by atoms with E-state index in [0.29, 0.717) is 5.69 Å². The topological polar surface area (TPSA) is 49.3 Å². The van der Waals surface area contributed by atoms with Crippen LogP contribution in [0.2, 0.25) is 5.02 Å². The van der Waals surface area contributed by atoms with Crippen LogP contribution in [0.4, 0.5) is 18.9 Å². The van der Waals surface area contributed by atoms with E-state index < -0.39 is 17.6 Å². The Balaban J connectivity index is 2.15. The number of nitrogens with one attached hydrogen (secondary N) is 1. The van der Waals surface area contributed by atoms with Crippen molar-refractivity contribution in [3.63, 3.8) is 0 Å². The molecule has 2 N–H and O–H groups in total. The second-order valence-corrected chi connectivity index (χ2v) is 4.60. The molecule has 0 fully saturated rings. The summed E-state index contributed by atoms with van der Waals surface area (Å²) < 4.78 is 37.2. The highest BCUT2D eigenvalue weighted by Crippen LogP contribution is 2.29. The summed E-state index contributed by atoms with van der Waals surface area (Å²) in [7, 11) is 0. The van der Waals surface area contributed by atoms with E-state index in [1.54, 1.807) is 0 Å². The zero-order valence-electron chi connectivity index (χ0n) is 10.4. The number of anilines is 1. The number of hydrogen-bond donors (Lipinski definition) is 2. The predicted octanol–water partition coefficient (Wildman–Crippen LogP) is 4.32. The molecule has 0 aliphatic carbocycles. The smallest absolute Gasteiger partial charge is 0.416 e. The number of carbonyl (C=O) groups is 1. The lowest BCUT2D eigenvalue weighted by atomic mass is 10.1. The molecule has 0 aliphatic heterocycles. The summed E-state index contributed by atoms with van der Waals surface area (Å²) in [6, 6.07) is 7.88. The van der Waals surface area contributed by atoms with E-state index in [0.717, 1.165) is 24.3 Å². The molecule has 0 radical (unpaired) electrons. The molecule has 0 spiro atoms. The first-order chi connectivity index (χ1) is 9.77. The Kier molecular flexibility index (Phi) is 4.09. The fourth-order valence-corrected chi connectivity index (χ4v) is 1.78. The van der Waals surface area contributed by atoms with Crippen molar-refractivity contribution in [1.82, 2.24) is 0 Å². The highest BCUT2D eigenvalue weighted by molar-refractivity contribution is 6.32. The van der Waals surface area contributed by atoms with Crippen LogP contribution in [0.3, 0.4) is 0 Å². The SMILES string of the molecule is O=C(Nc1ccc(O)c(Cl)c1)c1ccc(C(F)(F)F)cc1. The van der Waals surface area contributed by atoms with Gasteiger partial charge < -0.3 is 10.4 Å². The van der Waals surface area contributed by atoms with Crippen LogP contribution in [-0.2, 0) is 6.18 Å². The molecule has 0 aliphatic rings. The molecule has 3 nitrogen and oxygen atoms in total. The first-order valence-electron chi connectivity index (χ1n) is 5.74. The number of aromatic hydroxyl groups is 1. The fraction of sp³-hybridized carbons (Fsp3) is 0.0714. The summed E-state index contributed by atoms with van der Waals surface area (Å²) in [4.78, 5) is 11.9. The van der Waals surface area contributed by atoms with E-state index in [2.05, 4.69) is 5.32 Å². The number of rotatable bonds is 2. The van der Waals surface area contributed by atoms with E-state index in [9.17, 15) is 23.1 Å². The molecule has 7 heteroatoms. The minimum absolute atomic E-state index is 0.0558. The van der Waals surface area contributed by atoms with Crippen molar-refractivity contribution in [3.05, 3.63) is 58.6 Å². The van der Waals surface area contributed by atoms with Crippen LogP contribution in [0.15, 0.2) is 42.5 Å². The Bertz CT molecular complexity index is 669. The molecule has 0 unspecified atom stereocenters. The summed E-state index contributed by atoms with van der Waals surface area (Å²) >= 11 is 5.69. The minimum atomic E-state index is -4.44. The number of phenolic OH excluding ortho intramolecular Hbond substituents is 1. The zero-order valence-corrected chi connectivity index (χ0v) is 11.2. The number of hydrogen-bond acceptors (Lipinski definition) is 2. The van der Waals surface area contributed by atoms with Gasteiger partial charge in [0.2, 0.25) is 0 Å². The number of phenols is 1. The van der Waals surface area contributed by atoms with E-state index >= 15 is 0 Å². The molecule has 0 heterocycles. The highest BCUT2D eigenvalue weighted by Gasteiger charge is 2.30. The number of carbonyl (C=O) groups excluding carboxylic acids is 1. The van der Waals surface area contributed by atoms with E-state index in [1.165, 1.54) is 18.2 Å². The Hall–Kier alpha value is -2.21. The van der Waals surface area contributed by atoms with Gasteiger partial charge in [0.05, 0.1) is 10.6 Å². The average Bonchev–Trinajstić information content (AvgIpc) is 2.42. The van der Waals surface area contributed by atoms with Gasteiger partial charge >= 0.3 is 6.18 Å². The molecule has 0 aromatic heterocycles. The van der Waals surface area contributed by atoms with Gasteiger partial charge in [-0.05, 0) is 42.5 Å². The molecule has 0 atom stereocenters. The normalized spacial score (nSPS) is 11.2. The van der Waals surface area contributed by atoms with Gasteiger partial charge in [0.25, 0.3) is 5.91 Å². The third-order valence-corrected chi connectivity index (χ3v) is 2.98. The maximum absolute atomic E-state index is 12.4. The molecule has 0 saturated heterocycles. The minimum Gasteiger partial charge on any atom is -0.506 e. The third-order valence-electron chi connectivity index (χ3n) is 2.68. The number of alkyl halides is 3. The summed E-state index contributed by atoms with van der Waals surface area (Å²) in [6.45, 7) is 0. The van der Waals surface area contributed by atoms with E-state index in [1.807, 2.05) is 0 Å². The molecule has 2 aromatic rings. The van der Waals surface area contributed by atoms with Crippen molar-refractivity contribution in [2.45, 2.75) is 6.18 Å². The van der Waals surface area contributed by atoms with Crippen molar-refractivity contribution in [2.24, 2.45) is 0 Å². The molecule has 1 amide bonds. The first-order valence-corrected chi connectivity index (χ1v) is 6.12. The quantitative estimate of drug-likeness (QED) is 0.811. The molecular weight excluding hydrogens is 307 g/mol. The summed E-state index contributed by atoms with van der Waals surface area (Å²) in [6.07, 6.45) is -4.44. The van der Waals surface area contributed by atoms with Gasteiger partial charge in [0, 0.05) is 11.3 Å². The lowest BCUT2D eigenvalue weighted by molar-refractivity contribution is -0.137. The van der Waals surface area contributed by atoms with Gasteiger partial charge in [-0.3, -0.25) is 4.79 Å². The van der Waals surface area contributed by atoms with E-state index in [-0.39, 0.29) is 16.3 Å². The molecule has 2 rings (SSSR count). The van der Waals surface area contributed by atoms with Crippen LogP contribution in [0.1, 0.15) is 15.9 Å². The van der Waals surface area contributed by atoms with Crippen LogP contribution in [0.25, 0.3) is 0 Å². The summed E-state index contributed by atoms with van der Waals surface area (Å²) in [5, 5.41) is 11.8.